The van der Waals surface area contributed by atoms with Gasteiger partial charge in [0.05, 0.1) is 12.1 Å². The molecular weight excluding hydrogens is 266 g/mol. The molecule has 1 amide bonds. The number of para-hydroxylation sites is 1. The second kappa shape index (κ2) is 4.91. The van der Waals surface area contributed by atoms with E-state index in [-0.39, 0.29) is 11.8 Å². The van der Waals surface area contributed by atoms with Crippen LogP contribution in [-0.2, 0) is 24.2 Å². The molecule has 1 N–H and O–H groups in total. The molecule has 0 radical (unpaired) electrons. The largest absolute Gasteiger partial charge is 0.492 e. The summed E-state index contributed by atoms with van der Waals surface area (Å²) in [5.41, 5.74) is 3.42. The fourth-order valence-electron chi connectivity index (χ4n) is 3.15. The van der Waals surface area contributed by atoms with E-state index in [4.69, 9.17) is 4.74 Å². The molecule has 5 nitrogen and oxygen atoms in total. The number of benzene rings is 1. The van der Waals surface area contributed by atoms with Crippen LogP contribution in [0.15, 0.2) is 30.5 Å². The Balaban J connectivity index is 1.49. The molecule has 1 aromatic carbocycles. The lowest BCUT2D eigenvalue weighted by Crippen LogP contribution is -2.43. The minimum absolute atomic E-state index is 0.0756. The molecule has 0 fully saturated rings. The van der Waals surface area contributed by atoms with E-state index in [2.05, 4.69) is 10.2 Å². The number of carbonyl (C=O) groups excluding carboxylic acids is 1. The van der Waals surface area contributed by atoms with Gasteiger partial charge in [-0.2, -0.15) is 5.10 Å². The molecule has 0 bridgehead atoms. The van der Waals surface area contributed by atoms with Gasteiger partial charge in [0.25, 0.3) is 0 Å². The van der Waals surface area contributed by atoms with E-state index < -0.39 is 0 Å². The number of nitrogens with one attached hydrogen (secondary N) is 1. The van der Waals surface area contributed by atoms with Crippen molar-refractivity contribution in [3.05, 3.63) is 47.3 Å². The van der Waals surface area contributed by atoms with Crippen molar-refractivity contribution >= 4 is 5.91 Å². The molecule has 0 saturated heterocycles. The molecule has 4 rings (SSSR count). The van der Waals surface area contributed by atoms with Crippen LogP contribution in [0.5, 0.6) is 5.75 Å². The van der Waals surface area contributed by atoms with Crippen molar-refractivity contribution in [2.75, 3.05) is 13.2 Å². The normalized spacial score (nSPS) is 20.4. The molecule has 5 heteroatoms. The van der Waals surface area contributed by atoms with E-state index in [9.17, 15) is 4.79 Å². The summed E-state index contributed by atoms with van der Waals surface area (Å²) in [6.45, 7) is 1.89. The number of aromatic amines is 1. The number of H-pyrrole nitrogens is 1. The maximum Gasteiger partial charge on any atom is 0.229 e. The average molecular weight is 283 g/mol. The molecule has 0 spiro atoms. The highest BCUT2D eigenvalue weighted by Gasteiger charge is 2.31. The Hall–Kier alpha value is -2.30. The first-order valence-electron chi connectivity index (χ1n) is 7.32. The lowest BCUT2D eigenvalue weighted by atomic mass is 9.94. The van der Waals surface area contributed by atoms with E-state index in [1.165, 1.54) is 0 Å². The van der Waals surface area contributed by atoms with Crippen LogP contribution < -0.4 is 4.74 Å². The van der Waals surface area contributed by atoms with Crippen LogP contribution in [0.4, 0.5) is 0 Å². The summed E-state index contributed by atoms with van der Waals surface area (Å²) in [7, 11) is 0. The van der Waals surface area contributed by atoms with Crippen LogP contribution in [0, 0.1) is 5.92 Å². The lowest BCUT2D eigenvalue weighted by molar-refractivity contribution is -0.137. The third kappa shape index (κ3) is 2.18. The highest BCUT2D eigenvalue weighted by Crippen LogP contribution is 2.28. The Morgan fingerprint density at radius 1 is 1.33 bits per heavy atom. The van der Waals surface area contributed by atoms with Crippen molar-refractivity contribution in [1.82, 2.24) is 15.1 Å². The molecule has 2 aromatic rings. The number of hydrogen-bond acceptors (Lipinski definition) is 3. The predicted molar refractivity (Wildman–Crippen MR) is 76.8 cm³/mol. The molecule has 0 aliphatic carbocycles. The van der Waals surface area contributed by atoms with Gasteiger partial charge in [0.15, 0.2) is 0 Å². The first-order valence-corrected chi connectivity index (χ1v) is 7.32. The smallest absolute Gasteiger partial charge is 0.229 e. The maximum atomic E-state index is 12.7. The third-order valence-electron chi connectivity index (χ3n) is 4.34. The number of rotatable bonds is 1. The molecular formula is C16H17N3O2. The van der Waals surface area contributed by atoms with Crippen LogP contribution >= 0.6 is 0 Å². The second-order valence-electron chi connectivity index (χ2n) is 5.70. The Morgan fingerprint density at radius 2 is 2.24 bits per heavy atom. The topological polar surface area (TPSA) is 58.2 Å². The van der Waals surface area contributed by atoms with Gasteiger partial charge in [-0.05, 0) is 18.1 Å². The third-order valence-corrected chi connectivity index (χ3v) is 4.34. The van der Waals surface area contributed by atoms with Crippen LogP contribution in [0.25, 0.3) is 0 Å². The van der Waals surface area contributed by atoms with Gasteiger partial charge in [-0.25, -0.2) is 0 Å². The molecule has 2 aliphatic heterocycles. The summed E-state index contributed by atoms with van der Waals surface area (Å²) in [5.74, 6) is 1.03. The van der Waals surface area contributed by atoms with Crippen LogP contribution in [0.2, 0.25) is 0 Å². The van der Waals surface area contributed by atoms with Crippen molar-refractivity contribution < 1.29 is 9.53 Å². The molecule has 3 heterocycles. The number of hydrogen-bond donors (Lipinski definition) is 1. The van der Waals surface area contributed by atoms with Crippen molar-refractivity contribution in [2.24, 2.45) is 5.92 Å². The maximum absolute atomic E-state index is 12.7. The zero-order valence-electron chi connectivity index (χ0n) is 11.7. The fraction of sp³-hybridized carbons (Fsp3) is 0.375. The van der Waals surface area contributed by atoms with E-state index in [1.807, 2.05) is 35.4 Å². The second-order valence-corrected chi connectivity index (χ2v) is 5.70. The monoisotopic (exact) mass is 283 g/mol. The summed E-state index contributed by atoms with van der Waals surface area (Å²) >= 11 is 0. The Kier molecular flexibility index (Phi) is 2.91. The van der Waals surface area contributed by atoms with Gasteiger partial charge in [0.1, 0.15) is 12.4 Å². The van der Waals surface area contributed by atoms with Gasteiger partial charge in [-0.15, -0.1) is 0 Å². The fourth-order valence-corrected chi connectivity index (χ4v) is 3.15. The predicted octanol–water partition coefficient (Wildman–Crippen LogP) is 1.55. The van der Waals surface area contributed by atoms with Gasteiger partial charge in [-0.1, -0.05) is 18.2 Å². The van der Waals surface area contributed by atoms with Crippen LogP contribution in [-0.4, -0.2) is 34.2 Å². The summed E-state index contributed by atoms with van der Waals surface area (Å²) in [6, 6.07) is 7.97. The van der Waals surface area contributed by atoms with Crippen LogP contribution in [0.1, 0.15) is 16.8 Å². The van der Waals surface area contributed by atoms with Gasteiger partial charge in [-0.3, -0.25) is 9.89 Å². The summed E-state index contributed by atoms with van der Waals surface area (Å²) in [5, 5.41) is 7.05. The zero-order valence-corrected chi connectivity index (χ0v) is 11.7. The zero-order chi connectivity index (χ0) is 14.2. The Morgan fingerprint density at radius 3 is 3.19 bits per heavy atom. The van der Waals surface area contributed by atoms with Crippen molar-refractivity contribution in [3.8, 4) is 5.75 Å². The molecule has 21 heavy (non-hydrogen) atoms. The van der Waals surface area contributed by atoms with Crippen LogP contribution in [0.3, 0.4) is 0 Å². The highest BCUT2D eigenvalue weighted by atomic mass is 16.5. The average Bonchev–Trinajstić information content (AvgIpc) is 3.01. The van der Waals surface area contributed by atoms with Gasteiger partial charge in [0, 0.05) is 30.8 Å². The molecule has 1 atom stereocenters. The quantitative estimate of drug-likeness (QED) is 0.864. The highest BCUT2D eigenvalue weighted by molar-refractivity contribution is 5.80. The van der Waals surface area contributed by atoms with E-state index in [1.54, 1.807) is 0 Å². The van der Waals surface area contributed by atoms with E-state index >= 15 is 0 Å². The first kappa shape index (κ1) is 12.4. The number of fused-ring (bicyclic) bond motifs is 2. The molecule has 0 saturated carbocycles. The van der Waals surface area contributed by atoms with E-state index in [0.717, 1.165) is 42.0 Å². The summed E-state index contributed by atoms with van der Waals surface area (Å²) in [4.78, 5) is 14.6. The van der Waals surface area contributed by atoms with Gasteiger partial charge >= 0.3 is 0 Å². The van der Waals surface area contributed by atoms with E-state index in [0.29, 0.717) is 13.2 Å². The molecule has 2 aliphatic rings. The summed E-state index contributed by atoms with van der Waals surface area (Å²) in [6.07, 6.45) is 3.44. The Labute approximate surface area is 122 Å². The molecule has 108 valence electrons. The lowest BCUT2D eigenvalue weighted by Gasteiger charge is -2.32. The van der Waals surface area contributed by atoms with Gasteiger partial charge < -0.3 is 9.64 Å². The van der Waals surface area contributed by atoms with Gasteiger partial charge in [0.2, 0.25) is 5.91 Å². The van der Waals surface area contributed by atoms with Crippen molar-refractivity contribution in [2.45, 2.75) is 19.4 Å². The molecule has 1 aromatic heterocycles. The molecule has 1 unspecified atom stereocenters. The number of aromatic nitrogens is 2. The number of carbonyl (C=O) groups is 1. The Bertz CT molecular complexity index is 680. The number of ether oxygens (including phenoxy) is 1. The first-order chi connectivity index (χ1) is 10.3. The summed E-state index contributed by atoms with van der Waals surface area (Å²) < 4.78 is 5.74. The SMILES string of the molecule is O=C(C1COc2ccccc2C1)N1CCc2[nH]ncc2C1. The number of nitrogens with zero attached hydrogens (tertiary/aromatic N) is 2. The standard InChI is InChI=1S/C16H17N3O2/c20-16(19-6-5-14-13(9-19)8-17-18-14)12-7-11-3-1-2-4-15(11)21-10-12/h1-4,8,12H,5-7,9-10H2,(H,17,18). The van der Waals surface area contributed by atoms with Crippen molar-refractivity contribution in [1.29, 1.82) is 0 Å². The minimum Gasteiger partial charge on any atom is -0.492 e. The van der Waals surface area contributed by atoms with Crippen molar-refractivity contribution in [3.63, 3.8) is 0 Å². The number of amides is 1. The minimum atomic E-state index is -0.0756.